The Bertz CT molecular complexity index is 1310. The smallest absolute Gasteiger partial charge is 0.318 e. The number of benzene rings is 1. The first-order chi connectivity index (χ1) is 15.6. The van der Waals surface area contributed by atoms with Gasteiger partial charge in [0.1, 0.15) is 24.1 Å². The highest BCUT2D eigenvalue weighted by atomic mass is 16.6. The van der Waals surface area contributed by atoms with E-state index in [0.717, 1.165) is 47.8 Å². The Labute approximate surface area is 185 Å². The van der Waals surface area contributed by atoms with Crippen LogP contribution in [0.5, 0.6) is 6.01 Å². The summed E-state index contributed by atoms with van der Waals surface area (Å²) in [6.07, 6.45) is 2.12. The van der Waals surface area contributed by atoms with Crippen molar-refractivity contribution in [3.8, 4) is 11.8 Å². The van der Waals surface area contributed by atoms with E-state index in [4.69, 9.17) is 19.4 Å². The molecule has 9 heteroatoms. The molecule has 1 saturated heterocycles. The quantitative estimate of drug-likeness (QED) is 0.463. The molecular formula is C23H25N7O2. The van der Waals surface area contributed by atoms with Gasteiger partial charge in [0.25, 0.3) is 0 Å². The summed E-state index contributed by atoms with van der Waals surface area (Å²) in [5.41, 5.74) is 3.12. The molecule has 164 valence electrons. The largest absolute Gasteiger partial charge is 0.461 e. The van der Waals surface area contributed by atoms with Gasteiger partial charge in [-0.15, -0.1) is 5.10 Å². The molecule has 0 spiro atoms. The van der Waals surface area contributed by atoms with Crippen LogP contribution in [0.25, 0.3) is 16.9 Å². The van der Waals surface area contributed by atoms with E-state index in [9.17, 15) is 0 Å². The summed E-state index contributed by atoms with van der Waals surface area (Å²) in [6, 6.07) is 10.6. The average molecular weight is 432 g/mol. The zero-order valence-electron chi connectivity index (χ0n) is 18.4. The molecule has 32 heavy (non-hydrogen) atoms. The molecule has 1 aromatic carbocycles. The molecule has 1 saturated carbocycles. The van der Waals surface area contributed by atoms with Crippen molar-refractivity contribution in [1.29, 1.82) is 0 Å². The summed E-state index contributed by atoms with van der Waals surface area (Å²) in [6.45, 7) is 5.04. The topological polar surface area (TPSA) is 92.8 Å². The predicted octanol–water partition coefficient (Wildman–Crippen LogP) is 3.00. The van der Waals surface area contributed by atoms with Crippen molar-refractivity contribution in [3.05, 3.63) is 53.5 Å². The van der Waals surface area contributed by atoms with Gasteiger partial charge in [-0.05, 0) is 32.4 Å². The Balaban J connectivity index is 1.34. The molecule has 3 aromatic heterocycles. The first-order valence-corrected chi connectivity index (χ1v) is 11.0. The van der Waals surface area contributed by atoms with Crippen LogP contribution in [0, 0.1) is 13.8 Å². The Kier molecular flexibility index (Phi) is 4.46. The Morgan fingerprint density at radius 1 is 1.09 bits per heavy atom. The third-order valence-electron chi connectivity index (χ3n) is 6.32. The predicted molar refractivity (Wildman–Crippen MR) is 117 cm³/mol. The number of nitrogens with zero attached hydrogens (tertiary/aromatic N) is 7. The van der Waals surface area contributed by atoms with Gasteiger partial charge in [0.15, 0.2) is 5.82 Å². The van der Waals surface area contributed by atoms with E-state index in [1.807, 2.05) is 32.0 Å². The van der Waals surface area contributed by atoms with Gasteiger partial charge >= 0.3 is 6.01 Å². The van der Waals surface area contributed by atoms with Crippen LogP contribution < -0.4 is 4.74 Å². The molecular weight excluding hydrogens is 406 g/mol. The number of ether oxygens (including phenoxy) is 2. The third kappa shape index (κ3) is 3.33. The monoisotopic (exact) mass is 431 g/mol. The third-order valence-corrected chi connectivity index (χ3v) is 6.32. The lowest BCUT2D eigenvalue weighted by Crippen LogP contribution is -2.32. The van der Waals surface area contributed by atoms with E-state index in [0.29, 0.717) is 30.2 Å². The number of imidazole rings is 1. The van der Waals surface area contributed by atoms with Crippen LogP contribution in [0.15, 0.2) is 30.3 Å². The minimum Gasteiger partial charge on any atom is -0.461 e. The van der Waals surface area contributed by atoms with Crippen molar-refractivity contribution >= 4 is 11.0 Å². The number of para-hydroxylation sites is 2. The van der Waals surface area contributed by atoms with Crippen LogP contribution in [0.2, 0.25) is 0 Å². The van der Waals surface area contributed by atoms with Gasteiger partial charge in [0.2, 0.25) is 0 Å². The maximum Gasteiger partial charge on any atom is 0.318 e. The zero-order valence-corrected chi connectivity index (χ0v) is 18.4. The van der Waals surface area contributed by atoms with Gasteiger partial charge in [-0.25, -0.2) is 9.97 Å². The number of hydrogen-bond acceptors (Lipinski definition) is 7. The fourth-order valence-corrected chi connectivity index (χ4v) is 4.42. The molecule has 0 amide bonds. The van der Waals surface area contributed by atoms with E-state index in [2.05, 4.69) is 38.8 Å². The second-order valence-electron chi connectivity index (χ2n) is 8.61. The first-order valence-electron chi connectivity index (χ1n) is 11.0. The van der Waals surface area contributed by atoms with Crippen molar-refractivity contribution in [2.45, 2.75) is 44.6 Å². The van der Waals surface area contributed by atoms with Crippen LogP contribution in [0.4, 0.5) is 0 Å². The van der Waals surface area contributed by atoms with Gasteiger partial charge < -0.3 is 14.0 Å². The molecule has 0 radical (unpaired) electrons. The molecule has 1 aliphatic carbocycles. The average Bonchev–Trinajstić information content (AvgIpc) is 3.38. The fourth-order valence-electron chi connectivity index (χ4n) is 4.42. The maximum atomic E-state index is 5.92. The standard InChI is InChI=1S/C23H25N7O2/c1-13-24-14(2)30(28-13)21-11-19(26-23(27-21)32-12-15-8-9-31-15)16-10-17(16)22-25-18-6-4-5-7-20(18)29(22)3/h4-7,11,15-17H,8-10,12H2,1-3H3. The number of aryl methyl sites for hydroxylation is 3. The first kappa shape index (κ1) is 19.4. The van der Waals surface area contributed by atoms with E-state index < -0.39 is 0 Å². The summed E-state index contributed by atoms with van der Waals surface area (Å²) < 4.78 is 15.3. The van der Waals surface area contributed by atoms with Crippen LogP contribution in [0.3, 0.4) is 0 Å². The number of hydrogen-bond donors (Lipinski definition) is 0. The van der Waals surface area contributed by atoms with E-state index in [1.165, 1.54) is 0 Å². The lowest BCUT2D eigenvalue weighted by atomic mass is 10.2. The van der Waals surface area contributed by atoms with Gasteiger partial charge in [-0.3, -0.25) is 0 Å². The summed E-state index contributed by atoms with van der Waals surface area (Å²) in [5.74, 6) is 3.83. The molecule has 6 rings (SSSR count). The summed E-state index contributed by atoms with van der Waals surface area (Å²) in [7, 11) is 2.08. The van der Waals surface area contributed by atoms with Gasteiger partial charge in [-0.1, -0.05) is 12.1 Å². The van der Waals surface area contributed by atoms with Crippen molar-refractivity contribution in [3.63, 3.8) is 0 Å². The molecule has 4 heterocycles. The molecule has 2 fully saturated rings. The SMILES string of the molecule is Cc1nc(C)n(-c2cc(C3CC3c3nc4ccccc4n3C)nc(OCC3CCO3)n2)n1. The molecule has 0 N–H and O–H groups in total. The Hall–Kier alpha value is -3.33. The summed E-state index contributed by atoms with van der Waals surface area (Å²) in [5, 5.41) is 4.50. The second kappa shape index (κ2) is 7.37. The van der Waals surface area contributed by atoms with Crippen molar-refractivity contribution < 1.29 is 9.47 Å². The number of rotatable bonds is 6. The molecule has 2 aliphatic rings. The zero-order chi connectivity index (χ0) is 21.8. The molecule has 9 nitrogen and oxygen atoms in total. The highest BCUT2D eigenvalue weighted by Gasteiger charge is 2.44. The number of fused-ring (bicyclic) bond motifs is 1. The van der Waals surface area contributed by atoms with Crippen molar-refractivity contribution in [2.75, 3.05) is 13.2 Å². The highest BCUT2D eigenvalue weighted by molar-refractivity contribution is 5.76. The second-order valence-corrected chi connectivity index (χ2v) is 8.61. The molecule has 3 unspecified atom stereocenters. The minimum absolute atomic E-state index is 0.120. The molecule has 3 atom stereocenters. The Morgan fingerprint density at radius 3 is 2.66 bits per heavy atom. The van der Waals surface area contributed by atoms with Crippen LogP contribution >= 0.6 is 0 Å². The van der Waals surface area contributed by atoms with Crippen LogP contribution in [0.1, 0.15) is 47.8 Å². The Morgan fingerprint density at radius 2 is 1.94 bits per heavy atom. The number of aromatic nitrogens is 7. The normalized spacial score (nSPS) is 22.2. The lowest BCUT2D eigenvalue weighted by molar-refractivity contribution is -0.0734. The molecule has 4 aromatic rings. The van der Waals surface area contributed by atoms with E-state index in [-0.39, 0.29) is 12.0 Å². The van der Waals surface area contributed by atoms with Crippen molar-refractivity contribution in [1.82, 2.24) is 34.3 Å². The van der Waals surface area contributed by atoms with Gasteiger partial charge in [0.05, 0.1) is 22.8 Å². The van der Waals surface area contributed by atoms with Crippen molar-refractivity contribution in [2.24, 2.45) is 7.05 Å². The highest BCUT2D eigenvalue weighted by Crippen LogP contribution is 2.54. The van der Waals surface area contributed by atoms with E-state index >= 15 is 0 Å². The molecule has 1 aliphatic heterocycles. The summed E-state index contributed by atoms with van der Waals surface area (Å²) >= 11 is 0. The van der Waals surface area contributed by atoms with E-state index in [1.54, 1.807) is 4.68 Å². The molecule has 0 bridgehead atoms. The fraction of sp³-hybridized carbons (Fsp3) is 0.435. The van der Waals surface area contributed by atoms with Gasteiger partial charge in [0, 0.05) is 38.0 Å². The van der Waals surface area contributed by atoms with Gasteiger partial charge in [-0.2, -0.15) is 14.6 Å². The minimum atomic E-state index is 0.120. The maximum absolute atomic E-state index is 5.92. The van der Waals surface area contributed by atoms with Crippen LogP contribution in [-0.2, 0) is 11.8 Å². The summed E-state index contributed by atoms with van der Waals surface area (Å²) in [4.78, 5) is 18.7. The van der Waals surface area contributed by atoms with Crippen LogP contribution in [-0.4, -0.2) is 53.6 Å². The lowest BCUT2D eigenvalue weighted by Gasteiger charge is -2.25.